The van der Waals surface area contributed by atoms with Crippen molar-refractivity contribution < 1.29 is 4.79 Å². The first kappa shape index (κ1) is 8.69. The van der Waals surface area contributed by atoms with Crippen molar-refractivity contribution >= 4 is 17.2 Å². The maximum Gasteiger partial charge on any atom is 0.223 e. The van der Waals surface area contributed by atoms with Gasteiger partial charge in [0.2, 0.25) is 5.91 Å². The summed E-state index contributed by atoms with van der Waals surface area (Å²) in [5, 5.41) is 2.89. The number of carbonyl (C=O) groups excluding carboxylic acids is 1. The average molecular weight is 196 g/mol. The van der Waals surface area contributed by atoms with E-state index in [0.29, 0.717) is 0 Å². The maximum atomic E-state index is 11.4. The van der Waals surface area contributed by atoms with Crippen molar-refractivity contribution in [1.29, 1.82) is 0 Å². The summed E-state index contributed by atoms with van der Waals surface area (Å²) in [6, 6.07) is 0. The van der Waals surface area contributed by atoms with Crippen LogP contribution in [-0.4, -0.2) is 17.4 Å². The minimum absolute atomic E-state index is 0.175. The molecule has 1 fully saturated rings. The molecule has 1 unspecified atom stereocenters. The third-order valence-electron chi connectivity index (χ3n) is 2.33. The van der Waals surface area contributed by atoms with Gasteiger partial charge in [-0.2, -0.15) is 0 Å². The third kappa shape index (κ3) is 2.06. The second-order valence-electron chi connectivity index (χ2n) is 3.30. The molecule has 1 amide bonds. The Hall–Kier alpha value is -0.900. The first-order valence-electron chi connectivity index (χ1n) is 4.51. The predicted molar refractivity (Wildman–Crippen MR) is 51.6 cm³/mol. The van der Waals surface area contributed by atoms with Crippen molar-refractivity contribution in [2.45, 2.75) is 19.3 Å². The molecule has 1 saturated heterocycles. The molecule has 4 heteroatoms. The third-order valence-corrected chi connectivity index (χ3v) is 3.13. The molecule has 1 atom stereocenters. The lowest BCUT2D eigenvalue weighted by Gasteiger charge is -2.20. The maximum absolute atomic E-state index is 11.4. The molecular formula is C9H12N2OS. The van der Waals surface area contributed by atoms with Gasteiger partial charge in [-0.05, 0) is 19.3 Å². The van der Waals surface area contributed by atoms with Crippen molar-refractivity contribution in [2.75, 3.05) is 6.54 Å². The monoisotopic (exact) mass is 196 g/mol. The van der Waals surface area contributed by atoms with Crippen LogP contribution < -0.4 is 5.32 Å². The molecule has 13 heavy (non-hydrogen) atoms. The number of aromatic nitrogens is 1. The lowest BCUT2D eigenvalue weighted by atomic mass is 9.95. The van der Waals surface area contributed by atoms with Gasteiger partial charge in [0, 0.05) is 23.5 Å². The largest absolute Gasteiger partial charge is 0.356 e. The number of amides is 1. The minimum atomic E-state index is 0.175. The zero-order chi connectivity index (χ0) is 9.10. The summed E-state index contributed by atoms with van der Waals surface area (Å²) in [6.07, 6.45) is 4.84. The molecule has 1 aliphatic rings. The fourth-order valence-electron chi connectivity index (χ4n) is 1.62. The van der Waals surface area contributed by atoms with E-state index in [1.54, 1.807) is 11.3 Å². The molecule has 0 aliphatic carbocycles. The zero-order valence-electron chi connectivity index (χ0n) is 7.32. The first-order valence-corrected chi connectivity index (χ1v) is 5.39. The lowest BCUT2D eigenvalue weighted by molar-refractivity contribution is -0.126. The van der Waals surface area contributed by atoms with Gasteiger partial charge < -0.3 is 5.32 Å². The average Bonchev–Trinajstić information content (AvgIpc) is 2.61. The van der Waals surface area contributed by atoms with Crippen LogP contribution >= 0.6 is 11.3 Å². The Morgan fingerprint density at radius 1 is 1.69 bits per heavy atom. The quantitative estimate of drug-likeness (QED) is 0.772. The highest BCUT2D eigenvalue weighted by molar-refractivity contribution is 7.09. The minimum Gasteiger partial charge on any atom is -0.356 e. The zero-order valence-corrected chi connectivity index (χ0v) is 8.14. The SMILES string of the molecule is O=C1NCCCC1Cc1cncs1. The Kier molecular flexibility index (Phi) is 2.59. The predicted octanol–water partition coefficient (Wildman–Crippen LogP) is 1.21. The van der Waals surface area contributed by atoms with E-state index in [4.69, 9.17) is 0 Å². The van der Waals surface area contributed by atoms with Gasteiger partial charge in [-0.15, -0.1) is 11.3 Å². The second kappa shape index (κ2) is 3.87. The molecule has 0 spiro atoms. The number of nitrogens with one attached hydrogen (secondary N) is 1. The van der Waals surface area contributed by atoms with E-state index in [0.717, 1.165) is 25.8 Å². The van der Waals surface area contributed by atoms with Crippen LogP contribution in [0.3, 0.4) is 0 Å². The molecule has 3 nitrogen and oxygen atoms in total. The summed E-state index contributed by atoms with van der Waals surface area (Å²) in [6.45, 7) is 0.845. The van der Waals surface area contributed by atoms with Gasteiger partial charge in [0.15, 0.2) is 0 Å². The topological polar surface area (TPSA) is 42.0 Å². The van der Waals surface area contributed by atoms with Crippen molar-refractivity contribution in [3.63, 3.8) is 0 Å². The number of carbonyl (C=O) groups is 1. The second-order valence-corrected chi connectivity index (χ2v) is 4.27. The van der Waals surface area contributed by atoms with Crippen LogP contribution in [-0.2, 0) is 11.2 Å². The van der Waals surface area contributed by atoms with Crippen LogP contribution in [0.25, 0.3) is 0 Å². The van der Waals surface area contributed by atoms with E-state index in [2.05, 4.69) is 10.3 Å². The molecule has 0 radical (unpaired) electrons. The van der Waals surface area contributed by atoms with Crippen molar-refractivity contribution in [2.24, 2.45) is 5.92 Å². The van der Waals surface area contributed by atoms with Crippen molar-refractivity contribution in [3.8, 4) is 0 Å². The highest BCUT2D eigenvalue weighted by atomic mass is 32.1. The van der Waals surface area contributed by atoms with Crippen LogP contribution in [0.4, 0.5) is 0 Å². The summed E-state index contributed by atoms with van der Waals surface area (Å²) in [5.74, 6) is 0.383. The van der Waals surface area contributed by atoms with Gasteiger partial charge in [0.1, 0.15) is 0 Å². The van der Waals surface area contributed by atoms with Crippen LogP contribution in [0.1, 0.15) is 17.7 Å². The van der Waals surface area contributed by atoms with Gasteiger partial charge in [0.05, 0.1) is 5.51 Å². The van der Waals surface area contributed by atoms with Crippen LogP contribution in [0.2, 0.25) is 0 Å². The number of hydrogen-bond acceptors (Lipinski definition) is 3. The molecule has 2 rings (SSSR count). The molecule has 0 bridgehead atoms. The van der Waals surface area contributed by atoms with E-state index in [-0.39, 0.29) is 11.8 Å². The molecule has 1 aromatic heterocycles. The van der Waals surface area contributed by atoms with E-state index in [9.17, 15) is 4.79 Å². The molecule has 0 saturated carbocycles. The molecule has 1 aromatic rings. The van der Waals surface area contributed by atoms with Crippen LogP contribution in [0, 0.1) is 5.92 Å². The highest BCUT2D eigenvalue weighted by Crippen LogP contribution is 2.19. The fraction of sp³-hybridized carbons (Fsp3) is 0.556. The van der Waals surface area contributed by atoms with E-state index in [1.807, 2.05) is 11.7 Å². The molecule has 0 aromatic carbocycles. The summed E-state index contributed by atoms with van der Waals surface area (Å²) in [4.78, 5) is 16.6. The van der Waals surface area contributed by atoms with Gasteiger partial charge in [-0.25, -0.2) is 0 Å². The van der Waals surface area contributed by atoms with Crippen molar-refractivity contribution in [3.05, 3.63) is 16.6 Å². The van der Waals surface area contributed by atoms with E-state index in [1.165, 1.54) is 4.88 Å². The summed E-state index contributed by atoms with van der Waals surface area (Å²) < 4.78 is 0. The summed E-state index contributed by atoms with van der Waals surface area (Å²) in [7, 11) is 0. The van der Waals surface area contributed by atoms with E-state index < -0.39 is 0 Å². The van der Waals surface area contributed by atoms with Crippen LogP contribution in [0.15, 0.2) is 11.7 Å². The fourth-order valence-corrected chi connectivity index (χ4v) is 2.29. The standard InChI is InChI=1S/C9H12N2OS/c12-9-7(2-1-3-11-9)4-8-5-10-6-13-8/h5-7H,1-4H2,(H,11,12). The van der Waals surface area contributed by atoms with Gasteiger partial charge >= 0.3 is 0 Å². The number of rotatable bonds is 2. The van der Waals surface area contributed by atoms with Crippen molar-refractivity contribution in [1.82, 2.24) is 10.3 Å². The lowest BCUT2D eigenvalue weighted by Crippen LogP contribution is -2.37. The number of nitrogens with zero attached hydrogens (tertiary/aromatic N) is 1. The smallest absolute Gasteiger partial charge is 0.223 e. The van der Waals surface area contributed by atoms with Gasteiger partial charge in [-0.3, -0.25) is 9.78 Å². The Balaban J connectivity index is 1.97. The molecular weight excluding hydrogens is 184 g/mol. The molecule has 2 heterocycles. The van der Waals surface area contributed by atoms with Gasteiger partial charge in [-0.1, -0.05) is 0 Å². The number of thiazole rings is 1. The van der Waals surface area contributed by atoms with Gasteiger partial charge in [0.25, 0.3) is 0 Å². The Morgan fingerprint density at radius 3 is 3.31 bits per heavy atom. The normalized spacial score (nSPS) is 22.8. The molecule has 1 N–H and O–H groups in total. The number of hydrogen-bond donors (Lipinski definition) is 1. The summed E-state index contributed by atoms with van der Waals surface area (Å²) in [5.41, 5.74) is 1.82. The Labute approximate surface area is 81.2 Å². The Morgan fingerprint density at radius 2 is 2.62 bits per heavy atom. The Bertz CT molecular complexity index is 284. The van der Waals surface area contributed by atoms with E-state index >= 15 is 0 Å². The summed E-state index contributed by atoms with van der Waals surface area (Å²) >= 11 is 1.63. The molecule has 1 aliphatic heterocycles. The first-order chi connectivity index (χ1) is 6.36. The van der Waals surface area contributed by atoms with Crippen LogP contribution in [0.5, 0.6) is 0 Å². The highest BCUT2D eigenvalue weighted by Gasteiger charge is 2.22. The number of piperidine rings is 1. The molecule has 70 valence electrons.